The molecule has 2 aromatic carbocycles. The van der Waals surface area contributed by atoms with E-state index in [1.807, 2.05) is 42.5 Å². The lowest BCUT2D eigenvalue weighted by atomic mass is 10.1. The minimum Gasteiger partial charge on any atom is -0.541 e. The number of nitrogens with one attached hydrogen (secondary N) is 1. The quantitative estimate of drug-likeness (QED) is 0.206. The van der Waals surface area contributed by atoms with Crippen molar-refractivity contribution in [3.05, 3.63) is 53.9 Å². The minimum atomic E-state index is -3.72. The fourth-order valence-corrected chi connectivity index (χ4v) is 7.95. The first-order valence-electron chi connectivity index (χ1n) is 13.9. The van der Waals surface area contributed by atoms with Crippen molar-refractivity contribution in [2.75, 3.05) is 13.1 Å². The molecule has 0 fully saturated rings. The van der Waals surface area contributed by atoms with Gasteiger partial charge in [0.15, 0.2) is 0 Å². The Morgan fingerprint density at radius 2 is 1.39 bits per heavy atom. The fraction of sp³-hybridized carbons (Fsp3) is 0.467. The number of hydrogen-bond donors (Lipinski definition) is 2. The molecule has 3 rings (SSSR count). The van der Waals surface area contributed by atoms with E-state index in [0.29, 0.717) is 28.4 Å². The predicted octanol–water partition coefficient (Wildman–Crippen LogP) is 8.21. The maximum Gasteiger partial charge on any atom is 0.250 e. The average Bonchev–Trinajstić information content (AvgIpc) is 3.34. The van der Waals surface area contributed by atoms with Crippen LogP contribution in [0.1, 0.15) is 41.5 Å². The lowest BCUT2D eigenvalue weighted by molar-refractivity contribution is 0.432. The molecule has 7 nitrogen and oxygen atoms in total. The summed E-state index contributed by atoms with van der Waals surface area (Å²) in [5.41, 5.74) is 6.78. The van der Waals surface area contributed by atoms with Gasteiger partial charge in [0.2, 0.25) is 0 Å². The maximum atomic E-state index is 13.0. The summed E-state index contributed by atoms with van der Waals surface area (Å²) in [6, 6.07) is 14.9. The SMILES string of the molecule is CC(C)(C)[Si](C)(C)Oc1ccc(Oc2ccccc2-c2ccsc2S(=O)(=O)NCCN)cc1O[Si](C)(C)C(C)(C)C. The van der Waals surface area contributed by atoms with Crippen LogP contribution in [-0.2, 0) is 10.0 Å². The average molecular weight is 635 g/mol. The molecular weight excluding hydrogens is 589 g/mol. The molecule has 1 aromatic heterocycles. The smallest absolute Gasteiger partial charge is 0.250 e. The second-order valence-corrected chi connectivity index (χ2v) is 25.6. The van der Waals surface area contributed by atoms with Crippen molar-refractivity contribution >= 4 is 38.0 Å². The molecular formula is C30H46N2O5S2Si2. The van der Waals surface area contributed by atoms with Gasteiger partial charge in [-0.05, 0) is 65.9 Å². The monoisotopic (exact) mass is 634 g/mol. The molecule has 0 saturated carbocycles. The van der Waals surface area contributed by atoms with Crippen LogP contribution in [0.3, 0.4) is 0 Å². The summed E-state index contributed by atoms with van der Waals surface area (Å²) < 4.78 is 48.7. The van der Waals surface area contributed by atoms with E-state index in [9.17, 15) is 8.42 Å². The maximum absolute atomic E-state index is 13.0. The molecule has 0 spiro atoms. The van der Waals surface area contributed by atoms with Crippen molar-refractivity contribution in [3.63, 3.8) is 0 Å². The van der Waals surface area contributed by atoms with Crippen molar-refractivity contribution in [3.8, 4) is 34.1 Å². The van der Waals surface area contributed by atoms with Gasteiger partial charge in [0.1, 0.15) is 27.2 Å². The van der Waals surface area contributed by atoms with Crippen molar-refractivity contribution in [2.45, 2.75) is 82.0 Å². The summed E-state index contributed by atoms with van der Waals surface area (Å²) in [6.45, 7) is 22.5. The fourth-order valence-electron chi connectivity index (χ4n) is 3.44. The number of sulfonamides is 1. The molecule has 11 heteroatoms. The number of rotatable bonds is 11. The molecule has 0 aliphatic carbocycles. The highest BCUT2D eigenvalue weighted by Crippen LogP contribution is 2.46. The first-order valence-corrected chi connectivity index (χ1v) is 22.0. The zero-order valence-corrected chi connectivity index (χ0v) is 29.7. The molecule has 0 unspecified atom stereocenters. The zero-order valence-electron chi connectivity index (χ0n) is 26.0. The highest BCUT2D eigenvalue weighted by Gasteiger charge is 2.42. The van der Waals surface area contributed by atoms with Gasteiger partial charge in [-0.3, -0.25) is 0 Å². The summed E-state index contributed by atoms with van der Waals surface area (Å²) in [4.78, 5) is 0. The van der Waals surface area contributed by atoms with Gasteiger partial charge >= 0.3 is 0 Å². The lowest BCUT2D eigenvalue weighted by Gasteiger charge is -2.39. The van der Waals surface area contributed by atoms with Crippen molar-refractivity contribution in [1.82, 2.24) is 4.72 Å². The number of nitrogens with two attached hydrogens (primary N) is 1. The van der Waals surface area contributed by atoms with E-state index < -0.39 is 26.7 Å². The summed E-state index contributed by atoms with van der Waals surface area (Å²) in [5, 5.41) is 1.78. The van der Waals surface area contributed by atoms with Crippen LogP contribution in [0.5, 0.6) is 23.0 Å². The van der Waals surface area contributed by atoms with Gasteiger partial charge < -0.3 is 19.3 Å². The Bertz CT molecular complexity index is 1460. The third-order valence-electron chi connectivity index (χ3n) is 7.97. The minimum absolute atomic E-state index is 0.0104. The van der Waals surface area contributed by atoms with E-state index in [4.69, 9.17) is 19.3 Å². The number of thiophene rings is 1. The molecule has 1 heterocycles. The van der Waals surface area contributed by atoms with Gasteiger partial charge in [0.25, 0.3) is 26.7 Å². The third-order valence-corrected chi connectivity index (χ3v) is 19.6. The first kappa shape index (κ1) is 33.3. The van der Waals surface area contributed by atoms with Crippen LogP contribution in [-0.4, -0.2) is 38.1 Å². The number of hydrogen-bond acceptors (Lipinski definition) is 7. The van der Waals surface area contributed by atoms with Gasteiger partial charge in [-0.1, -0.05) is 59.7 Å². The van der Waals surface area contributed by atoms with Crippen LogP contribution in [0, 0.1) is 0 Å². The summed E-state index contributed by atoms with van der Waals surface area (Å²) >= 11 is 1.16. The van der Waals surface area contributed by atoms with Gasteiger partial charge in [-0.15, -0.1) is 11.3 Å². The van der Waals surface area contributed by atoms with Gasteiger partial charge in [0, 0.05) is 30.3 Å². The van der Waals surface area contributed by atoms with E-state index >= 15 is 0 Å². The van der Waals surface area contributed by atoms with Crippen molar-refractivity contribution in [1.29, 1.82) is 0 Å². The highest BCUT2D eigenvalue weighted by molar-refractivity contribution is 7.91. The van der Waals surface area contributed by atoms with Gasteiger partial charge in [0.05, 0.1) is 0 Å². The highest BCUT2D eigenvalue weighted by atomic mass is 32.2. The van der Waals surface area contributed by atoms with E-state index in [2.05, 4.69) is 72.5 Å². The lowest BCUT2D eigenvalue weighted by Crippen LogP contribution is -2.45. The molecule has 0 bridgehead atoms. The predicted molar refractivity (Wildman–Crippen MR) is 176 cm³/mol. The Morgan fingerprint density at radius 3 is 1.98 bits per heavy atom. The standard InChI is InChI=1S/C30H46N2O5S2Si2/c1-29(2,3)40(7,8)36-26-16-15-22(21-27(26)37-41(9,10)30(4,5)6)35-25-14-12-11-13-23(25)24-17-20-38-28(24)39(33,34)32-19-18-31/h11-17,20-21,32H,18-19,31H2,1-10H3. The van der Waals surface area contributed by atoms with Crippen molar-refractivity contribution in [2.24, 2.45) is 5.73 Å². The second kappa shape index (κ2) is 12.2. The molecule has 0 saturated heterocycles. The second-order valence-electron chi connectivity index (χ2n) is 13.2. The summed E-state index contributed by atoms with van der Waals surface area (Å²) in [7, 11) is -8.07. The van der Waals surface area contributed by atoms with Crippen LogP contribution in [0.15, 0.2) is 58.1 Å². The molecule has 226 valence electrons. The molecule has 41 heavy (non-hydrogen) atoms. The largest absolute Gasteiger partial charge is 0.541 e. The van der Waals surface area contributed by atoms with Crippen LogP contribution in [0.4, 0.5) is 0 Å². The van der Waals surface area contributed by atoms with Crippen LogP contribution < -0.4 is 24.0 Å². The number of para-hydroxylation sites is 1. The number of benzene rings is 2. The molecule has 3 aromatic rings. The Kier molecular flexibility index (Phi) is 9.94. The first-order chi connectivity index (χ1) is 18.8. The van der Waals surface area contributed by atoms with E-state index in [1.54, 1.807) is 11.4 Å². The summed E-state index contributed by atoms with van der Waals surface area (Å²) in [6.07, 6.45) is 0. The normalized spacial score (nSPS) is 13.2. The van der Waals surface area contributed by atoms with Crippen LogP contribution in [0.25, 0.3) is 11.1 Å². The molecule has 0 aliphatic rings. The van der Waals surface area contributed by atoms with Gasteiger partial charge in [-0.2, -0.15) is 0 Å². The topological polar surface area (TPSA) is 99.9 Å². The van der Waals surface area contributed by atoms with E-state index in [1.165, 1.54) is 0 Å². The summed E-state index contributed by atoms with van der Waals surface area (Å²) in [5.74, 6) is 2.51. The van der Waals surface area contributed by atoms with Crippen LogP contribution >= 0.6 is 11.3 Å². The van der Waals surface area contributed by atoms with E-state index in [0.717, 1.165) is 17.1 Å². The Hall–Kier alpha value is -2.16. The molecule has 0 aliphatic heterocycles. The zero-order chi connectivity index (χ0) is 30.9. The van der Waals surface area contributed by atoms with Crippen LogP contribution in [0.2, 0.25) is 36.3 Å². The molecule has 0 atom stereocenters. The van der Waals surface area contributed by atoms with E-state index in [-0.39, 0.29) is 27.4 Å². The van der Waals surface area contributed by atoms with Gasteiger partial charge in [-0.25, -0.2) is 13.1 Å². The third kappa shape index (κ3) is 7.82. The molecule has 0 radical (unpaired) electrons. The molecule has 0 amide bonds. The number of ether oxygens (including phenoxy) is 1. The molecule has 3 N–H and O–H groups in total. The Morgan fingerprint density at radius 1 is 0.805 bits per heavy atom. The van der Waals surface area contributed by atoms with Crippen molar-refractivity contribution < 1.29 is 22.0 Å². The Balaban J connectivity index is 2.06. The Labute approximate surface area is 252 Å².